The first-order valence-electron chi connectivity index (χ1n) is 6.34. The number of aromatic amines is 1. The number of H-pyrrole nitrogens is 1. The summed E-state index contributed by atoms with van der Waals surface area (Å²) >= 11 is 0. The highest BCUT2D eigenvalue weighted by molar-refractivity contribution is 5.93. The molecule has 0 saturated carbocycles. The molecule has 1 aromatic heterocycles. The highest BCUT2D eigenvalue weighted by Crippen LogP contribution is 2.12. The number of aromatic nitrogens is 3. The van der Waals surface area contributed by atoms with Crippen molar-refractivity contribution in [1.29, 1.82) is 0 Å². The highest BCUT2D eigenvalue weighted by atomic mass is 16.5. The smallest absolute Gasteiger partial charge is 0.325 e. The summed E-state index contributed by atoms with van der Waals surface area (Å²) in [6.07, 6.45) is 3.24. The molecule has 0 aromatic carbocycles. The summed E-state index contributed by atoms with van der Waals surface area (Å²) in [4.78, 5) is 25.1. The molecular weight excluding hydrogens is 248 g/mol. The molecule has 0 spiro atoms. The summed E-state index contributed by atoms with van der Waals surface area (Å²) in [6.45, 7) is 4.56. The summed E-state index contributed by atoms with van der Waals surface area (Å²) in [6, 6.07) is 0. The van der Waals surface area contributed by atoms with E-state index in [1.165, 1.54) is 18.2 Å². The Kier molecular flexibility index (Phi) is 5.98. The number of carbonyl (C=O) groups is 2. The van der Waals surface area contributed by atoms with Crippen LogP contribution in [-0.4, -0.2) is 52.4 Å². The standard InChI is InChI=1S/C12H20N4O3/c1-4-9(5-2)7-16(8-11(17)19-3)12(18)10-6-13-15-14-10/h6,9H,4-5,7-8H2,1-3H3,(H,13,14,15). The van der Waals surface area contributed by atoms with E-state index in [2.05, 4.69) is 34.0 Å². The van der Waals surface area contributed by atoms with Gasteiger partial charge in [-0.15, -0.1) is 0 Å². The minimum atomic E-state index is -0.442. The molecule has 7 heteroatoms. The second-order valence-corrected chi connectivity index (χ2v) is 4.30. The van der Waals surface area contributed by atoms with E-state index in [-0.39, 0.29) is 18.1 Å². The Hall–Kier alpha value is -1.92. The molecule has 7 nitrogen and oxygen atoms in total. The van der Waals surface area contributed by atoms with Crippen LogP contribution in [0.3, 0.4) is 0 Å². The molecule has 1 heterocycles. The van der Waals surface area contributed by atoms with Gasteiger partial charge in [0.25, 0.3) is 5.91 Å². The van der Waals surface area contributed by atoms with Crippen LogP contribution in [0.4, 0.5) is 0 Å². The van der Waals surface area contributed by atoms with Gasteiger partial charge in [0.15, 0.2) is 5.69 Å². The van der Waals surface area contributed by atoms with Crippen molar-refractivity contribution in [2.75, 3.05) is 20.2 Å². The molecule has 1 rings (SSSR count). The van der Waals surface area contributed by atoms with Crippen molar-refractivity contribution in [3.63, 3.8) is 0 Å². The molecule has 1 aromatic rings. The van der Waals surface area contributed by atoms with E-state index >= 15 is 0 Å². The van der Waals surface area contributed by atoms with Crippen molar-refractivity contribution < 1.29 is 14.3 Å². The fraction of sp³-hybridized carbons (Fsp3) is 0.667. The molecule has 0 aliphatic rings. The SMILES string of the molecule is CCC(CC)CN(CC(=O)OC)C(=O)c1cn[nH]n1. The van der Waals surface area contributed by atoms with Crippen molar-refractivity contribution >= 4 is 11.9 Å². The van der Waals surface area contributed by atoms with Gasteiger partial charge in [-0.05, 0) is 5.92 Å². The summed E-state index contributed by atoms with van der Waals surface area (Å²) in [7, 11) is 1.30. The lowest BCUT2D eigenvalue weighted by molar-refractivity contribution is -0.141. The molecule has 19 heavy (non-hydrogen) atoms. The van der Waals surface area contributed by atoms with Gasteiger partial charge in [-0.25, -0.2) is 0 Å². The van der Waals surface area contributed by atoms with E-state index in [0.717, 1.165) is 12.8 Å². The summed E-state index contributed by atoms with van der Waals surface area (Å²) < 4.78 is 4.62. The molecule has 0 fully saturated rings. The van der Waals surface area contributed by atoms with Gasteiger partial charge in [-0.3, -0.25) is 9.59 Å². The van der Waals surface area contributed by atoms with Crippen LogP contribution in [0.25, 0.3) is 0 Å². The lowest BCUT2D eigenvalue weighted by Crippen LogP contribution is -2.39. The summed E-state index contributed by atoms with van der Waals surface area (Å²) in [5, 5.41) is 9.74. The molecule has 0 radical (unpaired) electrons. The maximum Gasteiger partial charge on any atom is 0.325 e. The number of rotatable bonds is 7. The van der Waals surface area contributed by atoms with Crippen LogP contribution in [0.2, 0.25) is 0 Å². The van der Waals surface area contributed by atoms with E-state index in [1.54, 1.807) is 0 Å². The zero-order chi connectivity index (χ0) is 14.3. The summed E-state index contributed by atoms with van der Waals surface area (Å²) in [5.41, 5.74) is 0.204. The minimum absolute atomic E-state index is 0.0707. The maximum absolute atomic E-state index is 12.2. The van der Waals surface area contributed by atoms with E-state index in [0.29, 0.717) is 12.5 Å². The Morgan fingerprint density at radius 2 is 2.11 bits per heavy atom. The van der Waals surface area contributed by atoms with E-state index in [4.69, 9.17) is 0 Å². The van der Waals surface area contributed by atoms with E-state index in [9.17, 15) is 9.59 Å². The lowest BCUT2D eigenvalue weighted by atomic mass is 10.0. The van der Waals surface area contributed by atoms with Crippen molar-refractivity contribution in [2.24, 2.45) is 5.92 Å². The van der Waals surface area contributed by atoms with Crippen LogP contribution >= 0.6 is 0 Å². The molecule has 1 amide bonds. The molecule has 0 aliphatic carbocycles. The number of hydrogen-bond donors (Lipinski definition) is 1. The van der Waals surface area contributed by atoms with Crippen LogP contribution in [0.1, 0.15) is 37.2 Å². The fourth-order valence-corrected chi connectivity index (χ4v) is 1.76. The zero-order valence-corrected chi connectivity index (χ0v) is 11.5. The average Bonchev–Trinajstić information content (AvgIpc) is 2.96. The number of ether oxygens (including phenoxy) is 1. The number of nitrogens with one attached hydrogen (secondary N) is 1. The van der Waals surface area contributed by atoms with Crippen LogP contribution in [0.15, 0.2) is 6.20 Å². The van der Waals surface area contributed by atoms with Gasteiger partial charge in [0.05, 0.1) is 13.3 Å². The average molecular weight is 268 g/mol. The number of nitrogens with zero attached hydrogens (tertiary/aromatic N) is 3. The van der Waals surface area contributed by atoms with Gasteiger partial charge >= 0.3 is 5.97 Å². The minimum Gasteiger partial charge on any atom is -0.468 e. The lowest BCUT2D eigenvalue weighted by Gasteiger charge is -2.24. The van der Waals surface area contributed by atoms with Crippen LogP contribution in [0, 0.1) is 5.92 Å². The van der Waals surface area contributed by atoms with Crippen LogP contribution in [-0.2, 0) is 9.53 Å². The Balaban J connectivity index is 2.79. The monoisotopic (exact) mass is 268 g/mol. The van der Waals surface area contributed by atoms with E-state index in [1.807, 2.05) is 0 Å². The second-order valence-electron chi connectivity index (χ2n) is 4.30. The highest BCUT2D eigenvalue weighted by Gasteiger charge is 2.23. The van der Waals surface area contributed by atoms with Crippen LogP contribution < -0.4 is 0 Å². The van der Waals surface area contributed by atoms with Crippen LogP contribution in [0.5, 0.6) is 0 Å². The predicted molar refractivity (Wildman–Crippen MR) is 68.4 cm³/mol. The molecule has 0 bridgehead atoms. The number of carbonyl (C=O) groups excluding carboxylic acids is 2. The Labute approximate surface area is 112 Å². The molecule has 0 saturated heterocycles. The Morgan fingerprint density at radius 1 is 1.42 bits per heavy atom. The molecule has 106 valence electrons. The normalized spacial score (nSPS) is 10.5. The first kappa shape index (κ1) is 15.1. The first-order valence-corrected chi connectivity index (χ1v) is 6.34. The number of methoxy groups -OCH3 is 1. The molecule has 0 atom stereocenters. The predicted octanol–water partition coefficient (Wildman–Crippen LogP) is 0.856. The zero-order valence-electron chi connectivity index (χ0n) is 11.5. The second kappa shape index (κ2) is 7.50. The third-order valence-electron chi connectivity index (χ3n) is 3.10. The third kappa shape index (κ3) is 4.35. The van der Waals surface area contributed by atoms with Gasteiger partial charge in [-0.1, -0.05) is 26.7 Å². The van der Waals surface area contributed by atoms with Gasteiger partial charge in [0.1, 0.15) is 6.54 Å². The van der Waals surface area contributed by atoms with Gasteiger partial charge in [0, 0.05) is 6.54 Å². The quantitative estimate of drug-likeness (QED) is 0.741. The van der Waals surface area contributed by atoms with Crippen molar-refractivity contribution in [2.45, 2.75) is 26.7 Å². The third-order valence-corrected chi connectivity index (χ3v) is 3.10. The van der Waals surface area contributed by atoms with Crippen molar-refractivity contribution in [3.8, 4) is 0 Å². The van der Waals surface area contributed by atoms with Gasteiger partial charge in [0.2, 0.25) is 0 Å². The topological polar surface area (TPSA) is 88.2 Å². The fourth-order valence-electron chi connectivity index (χ4n) is 1.76. The molecule has 0 unspecified atom stereocenters. The number of amides is 1. The number of esters is 1. The molecule has 0 aliphatic heterocycles. The van der Waals surface area contributed by atoms with Crippen molar-refractivity contribution in [3.05, 3.63) is 11.9 Å². The number of hydrogen-bond acceptors (Lipinski definition) is 5. The van der Waals surface area contributed by atoms with Gasteiger partial charge in [-0.2, -0.15) is 15.4 Å². The maximum atomic E-state index is 12.2. The summed E-state index contributed by atoms with van der Waals surface area (Å²) in [5.74, 6) is -0.408. The first-order chi connectivity index (χ1) is 9.12. The Bertz CT molecular complexity index is 401. The molecule has 1 N–H and O–H groups in total. The van der Waals surface area contributed by atoms with Crippen molar-refractivity contribution in [1.82, 2.24) is 20.3 Å². The van der Waals surface area contributed by atoms with E-state index < -0.39 is 5.97 Å². The Morgan fingerprint density at radius 3 is 2.58 bits per heavy atom. The molecular formula is C12H20N4O3. The largest absolute Gasteiger partial charge is 0.468 e. The van der Waals surface area contributed by atoms with Gasteiger partial charge < -0.3 is 9.64 Å².